The highest BCUT2D eigenvalue weighted by molar-refractivity contribution is 6.55. The first kappa shape index (κ1) is 73.6. The molecular formula is C94H76Cl4N8O4. The van der Waals surface area contributed by atoms with Crippen LogP contribution in [0.1, 0.15) is 73.4 Å². The van der Waals surface area contributed by atoms with Crippen molar-refractivity contribution in [3.05, 3.63) is 369 Å². The van der Waals surface area contributed by atoms with E-state index >= 15 is 0 Å². The van der Waals surface area contributed by atoms with Crippen molar-refractivity contribution in [1.29, 1.82) is 0 Å². The average Bonchev–Trinajstić information content (AvgIpc) is 1.55. The smallest absolute Gasteiger partial charge is 0.263 e. The number of nitrogens with zero attached hydrogens (tertiary/aromatic N) is 8. The molecule has 0 N–H and O–H groups in total. The van der Waals surface area contributed by atoms with E-state index in [1.807, 2.05) is 243 Å². The molecule has 0 spiro atoms. The second-order valence-electron chi connectivity index (χ2n) is 26.3. The molecule has 0 radical (unpaired) electrons. The van der Waals surface area contributed by atoms with Crippen LogP contribution in [0.3, 0.4) is 0 Å². The minimum absolute atomic E-state index is 0.503. The highest BCUT2D eigenvalue weighted by Gasteiger charge is 2.48. The van der Waals surface area contributed by atoms with Gasteiger partial charge in [0.25, 0.3) is 11.6 Å². The SMILES string of the molecule is CCCOc1ccc(-c2c(-c3ccccc3)nc(-c3ccccc3Cl)n2C2(c3ccccc3Cl)N=C(c3ccccc3)C(c3ccc(OC)cc3)=N2)cc1.CCCOc1ccc(C2=NC(c3ccccc3Cl)(n3c(-c4ccccc4Cl)nc(-c4ccccc4)c3-c3ccc(OCCC)cc3)N=C2c2ccccc2)cc1. The Morgan fingerprint density at radius 1 is 0.282 bits per heavy atom. The van der Waals surface area contributed by atoms with E-state index in [1.54, 1.807) is 7.11 Å². The van der Waals surface area contributed by atoms with Crippen molar-refractivity contribution in [3.63, 3.8) is 0 Å². The van der Waals surface area contributed by atoms with Gasteiger partial charge < -0.3 is 18.9 Å². The number of benzene rings is 12. The predicted octanol–water partition coefficient (Wildman–Crippen LogP) is 24.1. The zero-order chi connectivity index (χ0) is 75.6. The van der Waals surface area contributed by atoms with Gasteiger partial charge in [-0.3, -0.25) is 9.13 Å². The Labute approximate surface area is 661 Å². The maximum Gasteiger partial charge on any atom is 0.263 e. The van der Waals surface area contributed by atoms with Gasteiger partial charge in [0.2, 0.25) is 0 Å². The third kappa shape index (κ3) is 14.8. The van der Waals surface area contributed by atoms with Gasteiger partial charge in [-0.25, -0.2) is 29.9 Å². The molecule has 0 fully saturated rings. The molecule has 2 atom stereocenters. The fraction of sp³-hybridized carbons (Fsp3) is 0.128. The van der Waals surface area contributed by atoms with E-state index in [0.717, 1.165) is 121 Å². The Kier molecular flexibility index (Phi) is 22.3. The summed E-state index contributed by atoms with van der Waals surface area (Å²) in [5.74, 6) is 1.29. The maximum absolute atomic E-state index is 7.29. The molecule has 16 heteroatoms. The van der Waals surface area contributed by atoms with Crippen LogP contribution in [0.2, 0.25) is 20.1 Å². The standard InChI is InChI=1S/C48H40Cl2N4O2.C46H36Cl2N4O2/c1-3-31-55-37-27-23-35(24-28-37)44-43(33-15-7-5-8-16-33)52-48(53-44,40-20-12-14-22-42(40)50)54-46(36-25-29-38(30-26-36)56-32-4-2)45(34-17-9-6-10-18-34)51-47(54)39-19-11-13-21-41(39)49;1-3-30-54-36-28-24-34(25-29-36)44-43(32-16-8-5-9-17-32)49-45(37-18-10-12-20-39(37)47)52(44)46(38-19-11-13-21-40(38)48)50-41(31-14-6-4-7-15-31)42(51-46)33-22-26-35(53-2)27-23-33/h5-30H,3-4,31-32H2,1-2H3;4-29H,3,30H2,1-2H3. The van der Waals surface area contributed by atoms with Crippen LogP contribution < -0.4 is 18.9 Å². The molecule has 14 aromatic rings. The molecule has 12 aromatic carbocycles. The van der Waals surface area contributed by atoms with Crippen molar-refractivity contribution in [3.8, 4) is 90.8 Å². The summed E-state index contributed by atoms with van der Waals surface area (Å²) in [6.07, 6.45) is 2.73. The summed E-state index contributed by atoms with van der Waals surface area (Å²) < 4.78 is 27.8. The van der Waals surface area contributed by atoms with E-state index < -0.39 is 11.6 Å². The second-order valence-corrected chi connectivity index (χ2v) is 27.9. The lowest BCUT2D eigenvalue weighted by atomic mass is 10.00. The number of hydrogen-bond donors (Lipinski definition) is 0. The maximum atomic E-state index is 7.29. The summed E-state index contributed by atoms with van der Waals surface area (Å²) in [5, 5.41) is 2.09. The van der Waals surface area contributed by atoms with Crippen LogP contribution in [-0.2, 0) is 11.6 Å². The van der Waals surface area contributed by atoms with E-state index in [9.17, 15) is 0 Å². The highest BCUT2D eigenvalue weighted by Crippen LogP contribution is 2.52. The number of ether oxygens (including phenoxy) is 4. The molecule has 544 valence electrons. The van der Waals surface area contributed by atoms with Crippen molar-refractivity contribution in [2.75, 3.05) is 26.9 Å². The van der Waals surface area contributed by atoms with Crippen molar-refractivity contribution in [2.45, 2.75) is 51.6 Å². The number of rotatable bonds is 24. The summed E-state index contributed by atoms with van der Waals surface area (Å²) in [5.41, 5.74) is 15.9. The molecule has 12 nitrogen and oxygen atoms in total. The topological polar surface area (TPSA) is 122 Å². The Morgan fingerprint density at radius 2 is 0.545 bits per heavy atom. The minimum Gasteiger partial charge on any atom is -0.497 e. The average molecular weight is 1520 g/mol. The van der Waals surface area contributed by atoms with Crippen LogP contribution in [0.15, 0.2) is 335 Å². The van der Waals surface area contributed by atoms with E-state index in [-0.39, 0.29) is 0 Å². The number of aromatic nitrogens is 4. The van der Waals surface area contributed by atoms with Gasteiger partial charge in [-0.2, -0.15) is 0 Å². The lowest BCUT2D eigenvalue weighted by molar-refractivity contribution is 0.317. The fourth-order valence-corrected chi connectivity index (χ4v) is 14.8. The molecule has 0 bridgehead atoms. The van der Waals surface area contributed by atoms with Gasteiger partial charge in [-0.15, -0.1) is 0 Å². The van der Waals surface area contributed by atoms with Gasteiger partial charge in [-0.05, 0) is 153 Å². The molecule has 2 aromatic heterocycles. The van der Waals surface area contributed by atoms with Gasteiger partial charge in [0.05, 0.1) is 92.6 Å². The summed E-state index contributed by atoms with van der Waals surface area (Å²) in [6.45, 7) is 8.17. The molecule has 0 amide bonds. The number of halogens is 4. The Bertz CT molecular complexity index is 5700. The third-order valence-corrected chi connectivity index (χ3v) is 20.3. The molecule has 16 rings (SSSR count). The first-order chi connectivity index (χ1) is 54.0. The van der Waals surface area contributed by atoms with E-state index in [1.165, 1.54) is 0 Å². The molecule has 2 aliphatic rings. The lowest BCUT2D eigenvalue weighted by Crippen LogP contribution is -2.31. The second kappa shape index (κ2) is 33.3. The normalized spacial score (nSPS) is 15.1. The van der Waals surface area contributed by atoms with Crippen molar-refractivity contribution >= 4 is 69.3 Å². The zero-order valence-corrected chi connectivity index (χ0v) is 64.0. The Balaban J connectivity index is 0.000000175. The molecule has 4 heterocycles. The van der Waals surface area contributed by atoms with Crippen LogP contribution in [-0.4, -0.2) is 68.9 Å². The molecule has 0 saturated carbocycles. The third-order valence-electron chi connectivity index (χ3n) is 19.0. The summed E-state index contributed by atoms with van der Waals surface area (Å²) in [7, 11) is 1.66. The molecule has 0 saturated heterocycles. The first-order valence-corrected chi connectivity index (χ1v) is 38.2. The van der Waals surface area contributed by atoms with E-state index in [0.29, 0.717) is 85.5 Å². The monoisotopic (exact) mass is 1520 g/mol. The number of imidazole rings is 2. The molecule has 2 aliphatic heterocycles. The van der Waals surface area contributed by atoms with Gasteiger partial charge >= 0.3 is 0 Å². The Hall–Kier alpha value is -11.9. The minimum atomic E-state index is -1.49. The number of aliphatic imine (C=N–C) groups is 4. The summed E-state index contributed by atoms with van der Waals surface area (Å²) in [4.78, 5) is 33.9. The largest absolute Gasteiger partial charge is 0.497 e. The van der Waals surface area contributed by atoms with E-state index in [2.05, 4.69) is 103 Å². The van der Waals surface area contributed by atoms with Crippen LogP contribution in [0, 0.1) is 0 Å². The summed E-state index contributed by atoms with van der Waals surface area (Å²) >= 11 is 28.7. The van der Waals surface area contributed by atoms with E-state index in [4.69, 9.17) is 95.3 Å². The van der Waals surface area contributed by atoms with Crippen LogP contribution >= 0.6 is 46.4 Å². The van der Waals surface area contributed by atoms with Crippen molar-refractivity contribution in [1.82, 2.24) is 19.1 Å². The lowest BCUT2D eigenvalue weighted by Gasteiger charge is -2.30. The van der Waals surface area contributed by atoms with Gasteiger partial charge in [0, 0.05) is 66.8 Å². The molecule has 110 heavy (non-hydrogen) atoms. The van der Waals surface area contributed by atoms with Crippen LogP contribution in [0.4, 0.5) is 0 Å². The molecule has 0 aliphatic carbocycles. The van der Waals surface area contributed by atoms with Crippen molar-refractivity contribution < 1.29 is 18.9 Å². The quantitative estimate of drug-likeness (QED) is 0.0594. The Morgan fingerprint density at radius 3 is 0.845 bits per heavy atom. The zero-order valence-electron chi connectivity index (χ0n) is 61.0. The predicted molar refractivity (Wildman–Crippen MR) is 450 cm³/mol. The fourth-order valence-electron chi connectivity index (χ4n) is 13.8. The van der Waals surface area contributed by atoms with Crippen LogP contribution in [0.25, 0.3) is 67.8 Å². The number of hydrogen-bond acceptors (Lipinski definition) is 10. The number of methoxy groups -OCH3 is 1. The summed E-state index contributed by atoms with van der Waals surface area (Å²) in [6, 6.07) is 104. The highest BCUT2D eigenvalue weighted by atomic mass is 35.5. The van der Waals surface area contributed by atoms with Gasteiger partial charge in [0.1, 0.15) is 34.6 Å². The van der Waals surface area contributed by atoms with Gasteiger partial charge in [0.15, 0.2) is 0 Å². The van der Waals surface area contributed by atoms with Crippen molar-refractivity contribution in [2.24, 2.45) is 20.0 Å². The van der Waals surface area contributed by atoms with Crippen LogP contribution in [0.5, 0.6) is 23.0 Å². The molecular weight excluding hydrogens is 1450 g/mol. The van der Waals surface area contributed by atoms with Gasteiger partial charge in [-0.1, -0.05) is 249 Å². The molecule has 2 unspecified atom stereocenters. The first-order valence-electron chi connectivity index (χ1n) is 36.7.